The molecule has 6 nitrogen and oxygen atoms in total. The molecule has 2 aromatic rings. The van der Waals surface area contributed by atoms with Crippen molar-refractivity contribution in [3.05, 3.63) is 71.8 Å². The second kappa shape index (κ2) is 9.23. The predicted octanol–water partition coefficient (Wildman–Crippen LogP) is 1.23. The third-order valence-electron chi connectivity index (χ3n) is 4.39. The molecule has 0 radical (unpaired) electrons. The van der Waals surface area contributed by atoms with Gasteiger partial charge in [-0.05, 0) is 11.1 Å². The average molecular weight is 360 g/mol. The van der Waals surface area contributed by atoms with Gasteiger partial charge in [0, 0.05) is 0 Å². The SMILES string of the molecule is OCC1O[C@@H](O)C(OCc2ccccc2)[C@H](OCc2ccccc2)[C@@H]1O. The largest absolute Gasteiger partial charge is 0.394 e. The Morgan fingerprint density at radius 3 is 1.77 bits per heavy atom. The molecule has 0 saturated carbocycles. The van der Waals surface area contributed by atoms with E-state index < -0.39 is 37.3 Å². The summed E-state index contributed by atoms with van der Waals surface area (Å²) in [7, 11) is 0. The van der Waals surface area contributed by atoms with Crippen molar-refractivity contribution < 1.29 is 29.5 Å². The predicted molar refractivity (Wildman–Crippen MR) is 94.0 cm³/mol. The van der Waals surface area contributed by atoms with Crippen molar-refractivity contribution in [1.82, 2.24) is 0 Å². The van der Waals surface area contributed by atoms with Gasteiger partial charge in [0.05, 0.1) is 19.8 Å². The van der Waals surface area contributed by atoms with E-state index >= 15 is 0 Å². The van der Waals surface area contributed by atoms with Gasteiger partial charge in [0.2, 0.25) is 0 Å². The Balaban J connectivity index is 1.69. The van der Waals surface area contributed by atoms with Gasteiger partial charge in [-0.15, -0.1) is 0 Å². The molecule has 0 aliphatic carbocycles. The van der Waals surface area contributed by atoms with Crippen LogP contribution in [0, 0.1) is 0 Å². The number of rotatable bonds is 7. The van der Waals surface area contributed by atoms with E-state index in [9.17, 15) is 15.3 Å². The van der Waals surface area contributed by atoms with Gasteiger partial charge >= 0.3 is 0 Å². The summed E-state index contributed by atoms with van der Waals surface area (Å²) in [6.07, 6.45) is -5.06. The van der Waals surface area contributed by atoms with Gasteiger partial charge in [0.15, 0.2) is 6.29 Å². The fraction of sp³-hybridized carbons (Fsp3) is 0.400. The van der Waals surface area contributed by atoms with Crippen LogP contribution in [0.4, 0.5) is 0 Å². The molecule has 1 aliphatic heterocycles. The lowest BCUT2D eigenvalue weighted by Gasteiger charge is -2.42. The second-order valence-electron chi connectivity index (χ2n) is 6.26. The van der Waals surface area contributed by atoms with E-state index in [1.165, 1.54) is 0 Å². The van der Waals surface area contributed by atoms with Crippen molar-refractivity contribution in [2.45, 2.75) is 43.9 Å². The van der Waals surface area contributed by atoms with Gasteiger partial charge in [-0.3, -0.25) is 0 Å². The van der Waals surface area contributed by atoms with Crippen LogP contribution in [0.25, 0.3) is 0 Å². The molecule has 0 bridgehead atoms. The third kappa shape index (κ3) is 4.67. The van der Waals surface area contributed by atoms with Crippen molar-refractivity contribution in [3.63, 3.8) is 0 Å². The van der Waals surface area contributed by atoms with Crippen molar-refractivity contribution >= 4 is 0 Å². The summed E-state index contributed by atoms with van der Waals surface area (Å²) in [6, 6.07) is 19.0. The first-order valence-corrected chi connectivity index (χ1v) is 8.62. The summed E-state index contributed by atoms with van der Waals surface area (Å²) in [6.45, 7) is 0.0705. The first-order chi connectivity index (χ1) is 12.7. The summed E-state index contributed by atoms with van der Waals surface area (Å²) in [4.78, 5) is 0. The smallest absolute Gasteiger partial charge is 0.184 e. The van der Waals surface area contributed by atoms with Crippen LogP contribution in [0.3, 0.4) is 0 Å². The Labute approximate surface area is 152 Å². The van der Waals surface area contributed by atoms with Gasteiger partial charge in [-0.1, -0.05) is 60.7 Å². The summed E-state index contributed by atoms with van der Waals surface area (Å²) in [5, 5.41) is 30.2. The molecular weight excluding hydrogens is 336 g/mol. The molecule has 140 valence electrons. The Hall–Kier alpha value is -1.80. The Morgan fingerprint density at radius 2 is 1.27 bits per heavy atom. The van der Waals surface area contributed by atoms with Crippen LogP contribution in [0.5, 0.6) is 0 Å². The maximum Gasteiger partial charge on any atom is 0.184 e. The van der Waals surface area contributed by atoms with Crippen LogP contribution < -0.4 is 0 Å². The molecular formula is C20H24O6. The van der Waals surface area contributed by atoms with Crippen LogP contribution >= 0.6 is 0 Å². The molecule has 3 N–H and O–H groups in total. The van der Waals surface area contributed by atoms with E-state index in [4.69, 9.17) is 14.2 Å². The van der Waals surface area contributed by atoms with E-state index in [2.05, 4.69) is 0 Å². The molecule has 1 fully saturated rings. The summed E-state index contributed by atoms with van der Waals surface area (Å²) in [5.74, 6) is 0. The molecule has 2 aromatic carbocycles. The molecule has 0 amide bonds. The highest BCUT2D eigenvalue weighted by Crippen LogP contribution is 2.26. The number of hydrogen-bond donors (Lipinski definition) is 3. The third-order valence-corrected chi connectivity index (χ3v) is 4.39. The quantitative estimate of drug-likeness (QED) is 0.688. The monoisotopic (exact) mass is 360 g/mol. The van der Waals surface area contributed by atoms with Crippen LogP contribution in [0.1, 0.15) is 11.1 Å². The first kappa shape index (κ1) is 19.0. The van der Waals surface area contributed by atoms with E-state index in [1.54, 1.807) is 0 Å². The zero-order valence-electron chi connectivity index (χ0n) is 14.3. The molecule has 1 heterocycles. The van der Waals surface area contributed by atoms with Crippen LogP contribution in [-0.2, 0) is 27.4 Å². The highest BCUT2D eigenvalue weighted by Gasteiger charge is 2.46. The Bertz CT molecular complexity index is 650. The zero-order valence-corrected chi connectivity index (χ0v) is 14.3. The summed E-state index contributed by atoms with van der Waals surface area (Å²) >= 11 is 0. The lowest BCUT2D eigenvalue weighted by molar-refractivity contribution is -0.307. The number of ether oxygens (including phenoxy) is 3. The van der Waals surface area contributed by atoms with Gasteiger partial charge in [-0.25, -0.2) is 0 Å². The minimum Gasteiger partial charge on any atom is -0.394 e. The molecule has 0 spiro atoms. The molecule has 0 aromatic heterocycles. The fourth-order valence-corrected chi connectivity index (χ4v) is 2.96. The second-order valence-corrected chi connectivity index (χ2v) is 6.26. The minimum absolute atomic E-state index is 0.244. The van der Waals surface area contributed by atoms with Crippen molar-refractivity contribution in [2.75, 3.05) is 6.61 Å². The number of benzene rings is 2. The molecule has 5 atom stereocenters. The lowest BCUT2D eigenvalue weighted by Crippen LogP contribution is -2.60. The van der Waals surface area contributed by atoms with E-state index in [-0.39, 0.29) is 13.2 Å². The number of hydrogen-bond acceptors (Lipinski definition) is 6. The van der Waals surface area contributed by atoms with E-state index in [0.29, 0.717) is 0 Å². The summed E-state index contributed by atoms with van der Waals surface area (Å²) < 4.78 is 16.9. The molecule has 26 heavy (non-hydrogen) atoms. The standard InChI is InChI=1S/C20H24O6/c21-11-16-17(22)18(24-12-14-7-3-1-4-8-14)19(20(23)26-16)25-13-15-9-5-2-6-10-15/h1-10,16-23H,11-13H2/t16?,17-,18-,19?,20-/m1/s1. The van der Waals surface area contributed by atoms with Crippen LogP contribution in [0.2, 0.25) is 0 Å². The zero-order chi connectivity index (χ0) is 18.4. The maximum atomic E-state index is 10.5. The molecule has 3 rings (SSSR count). The van der Waals surface area contributed by atoms with Crippen LogP contribution in [-0.4, -0.2) is 52.6 Å². The molecule has 2 unspecified atom stereocenters. The molecule has 1 saturated heterocycles. The van der Waals surface area contributed by atoms with E-state index in [1.807, 2.05) is 60.7 Å². The Kier molecular flexibility index (Phi) is 6.73. The highest BCUT2D eigenvalue weighted by atomic mass is 16.7. The summed E-state index contributed by atoms with van der Waals surface area (Å²) in [5.41, 5.74) is 1.86. The lowest BCUT2D eigenvalue weighted by atomic mass is 9.98. The van der Waals surface area contributed by atoms with Crippen molar-refractivity contribution in [1.29, 1.82) is 0 Å². The number of aliphatic hydroxyl groups excluding tert-OH is 3. The van der Waals surface area contributed by atoms with Gasteiger partial charge < -0.3 is 29.5 Å². The van der Waals surface area contributed by atoms with Gasteiger partial charge in [0.25, 0.3) is 0 Å². The molecule has 1 aliphatic rings. The van der Waals surface area contributed by atoms with Gasteiger partial charge in [0.1, 0.15) is 24.4 Å². The maximum absolute atomic E-state index is 10.5. The van der Waals surface area contributed by atoms with Crippen LogP contribution in [0.15, 0.2) is 60.7 Å². The topological polar surface area (TPSA) is 88.4 Å². The minimum atomic E-state index is -1.31. The van der Waals surface area contributed by atoms with Crippen molar-refractivity contribution in [3.8, 4) is 0 Å². The average Bonchev–Trinajstić information content (AvgIpc) is 2.69. The highest BCUT2D eigenvalue weighted by molar-refractivity contribution is 5.14. The normalized spacial score (nSPS) is 28.8. The number of aliphatic hydroxyl groups is 3. The first-order valence-electron chi connectivity index (χ1n) is 8.62. The fourth-order valence-electron chi connectivity index (χ4n) is 2.96. The Morgan fingerprint density at radius 1 is 0.769 bits per heavy atom. The van der Waals surface area contributed by atoms with Gasteiger partial charge in [-0.2, -0.15) is 0 Å². The molecule has 6 heteroatoms. The van der Waals surface area contributed by atoms with Crippen molar-refractivity contribution in [2.24, 2.45) is 0 Å². The van der Waals surface area contributed by atoms with E-state index in [0.717, 1.165) is 11.1 Å².